The second kappa shape index (κ2) is 5.73. The molecule has 0 radical (unpaired) electrons. The van der Waals surface area contributed by atoms with Gasteiger partial charge in [0.25, 0.3) is 0 Å². The molecule has 2 aromatic rings. The topological polar surface area (TPSA) is 56.7 Å². The first-order valence-corrected chi connectivity index (χ1v) is 6.85. The molecular weight excluding hydrogens is 268 g/mol. The predicted octanol–water partition coefficient (Wildman–Crippen LogP) is 2.65. The summed E-state index contributed by atoms with van der Waals surface area (Å²) in [5.74, 6) is 0. The zero-order valence-electron chi connectivity index (χ0n) is 10.2. The van der Waals surface area contributed by atoms with Gasteiger partial charge in [-0.2, -0.15) is 0 Å². The molecule has 2 unspecified atom stereocenters. The van der Waals surface area contributed by atoms with E-state index in [0.29, 0.717) is 0 Å². The van der Waals surface area contributed by atoms with Gasteiger partial charge in [-0.25, -0.2) is 0 Å². The van der Waals surface area contributed by atoms with Crippen molar-refractivity contribution in [3.63, 3.8) is 0 Å². The van der Waals surface area contributed by atoms with Crippen molar-refractivity contribution in [3.8, 4) is 0 Å². The number of nitrogens with two attached hydrogens (primary N) is 1. The van der Waals surface area contributed by atoms with E-state index in [9.17, 15) is 0 Å². The van der Waals surface area contributed by atoms with Crippen LogP contribution in [-0.2, 0) is 7.05 Å². The van der Waals surface area contributed by atoms with Crippen molar-refractivity contribution in [2.45, 2.75) is 23.4 Å². The van der Waals surface area contributed by atoms with Crippen molar-refractivity contribution in [3.05, 3.63) is 41.2 Å². The van der Waals surface area contributed by atoms with Crippen LogP contribution in [0.5, 0.6) is 0 Å². The van der Waals surface area contributed by atoms with E-state index in [0.717, 1.165) is 15.7 Å². The van der Waals surface area contributed by atoms with Gasteiger partial charge >= 0.3 is 0 Å². The summed E-state index contributed by atoms with van der Waals surface area (Å²) in [6, 6.07) is 7.76. The van der Waals surface area contributed by atoms with Crippen molar-refractivity contribution < 1.29 is 0 Å². The van der Waals surface area contributed by atoms with Crippen molar-refractivity contribution >= 4 is 23.4 Å². The molecular formula is C12H15ClN4S. The fraction of sp³-hybridized carbons (Fsp3) is 0.333. The van der Waals surface area contributed by atoms with Crippen LogP contribution >= 0.6 is 23.4 Å². The molecule has 0 spiro atoms. The Labute approximate surface area is 116 Å². The number of halogens is 1. The highest BCUT2D eigenvalue weighted by Crippen LogP contribution is 2.36. The lowest BCUT2D eigenvalue weighted by Crippen LogP contribution is -2.22. The summed E-state index contributed by atoms with van der Waals surface area (Å²) in [6.45, 7) is 1.98. The van der Waals surface area contributed by atoms with E-state index in [4.69, 9.17) is 17.3 Å². The summed E-state index contributed by atoms with van der Waals surface area (Å²) in [5.41, 5.74) is 7.17. The molecule has 1 aromatic carbocycles. The smallest absolute Gasteiger partial charge is 0.191 e. The highest BCUT2D eigenvalue weighted by Gasteiger charge is 2.20. The summed E-state index contributed by atoms with van der Waals surface area (Å²) < 4.78 is 1.88. The molecule has 0 bridgehead atoms. The van der Waals surface area contributed by atoms with Gasteiger partial charge in [0.1, 0.15) is 6.33 Å². The number of benzene rings is 1. The van der Waals surface area contributed by atoms with Crippen LogP contribution in [0.15, 0.2) is 35.7 Å². The number of nitrogens with zero attached hydrogens (tertiary/aromatic N) is 3. The lowest BCUT2D eigenvalue weighted by atomic mass is 10.1. The highest BCUT2D eigenvalue weighted by molar-refractivity contribution is 7.99. The largest absolute Gasteiger partial charge is 0.327 e. The molecule has 0 fully saturated rings. The SMILES string of the molecule is CC(N)C(Sc1nncn1C)c1cccc(Cl)c1. The first kappa shape index (κ1) is 13.4. The molecule has 18 heavy (non-hydrogen) atoms. The molecule has 0 saturated carbocycles. The zero-order valence-corrected chi connectivity index (χ0v) is 11.8. The third-order valence-corrected chi connectivity index (χ3v) is 4.33. The van der Waals surface area contributed by atoms with Crippen molar-refractivity contribution in [2.24, 2.45) is 12.8 Å². The predicted molar refractivity (Wildman–Crippen MR) is 74.7 cm³/mol. The van der Waals surface area contributed by atoms with Gasteiger partial charge in [0.15, 0.2) is 5.16 Å². The van der Waals surface area contributed by atoms with Crippen LogP contribution in [0.2, 0.25) is 5.02 Å². The molecule has 2 atom stereocenters. The van der Waals surface area contributed by atoms with Gasteiger partial charge in [0.2, 0.25) is 0 Å². The number of hydrogen-bond acceptors (Lipinski definition) is 4. The van der Waals surface area contributed by atoms with E-state index in [1.165, 1.54) is 0 Å². The van der Waals surface area contributed by atoms with Gasteiger partial charge in [-0.05, 0) is 24.6 Å². The van der Waals surface area contributed by atoms with E-state index in [1.54, 1.807) is 18.1 Å². The monoisotopic (exact) mass is 282 g/mol. The quantitative estimate of drug-likeness (QED) is 0.876. The molecule has 4 nitrogen and oxygen atoms in total. The number of thioether (sulfide) groups is 1. The number of aromatic nitrogens is 3. The Hall–Kier alpha value is -1.04. The maximum atomic E-state index is 6.06. The highest BCUT2D eigenvalue weighted by atomic mass is 35.5. The summed E-state index contributed by atoms with van der Waals surface area (Å²) >= 11 is 7.62. The lowest BCUT2D eigenvalue weighted by Gasteiger charge is -2.20. The van der Waals surface area contributed by atoms with Gasteiger partial charge in [-0.15, -0.1) is 10.2 Å². The summed E-state index contributed by atoms with van der Waals surface area (Å²) in [4.78, 5) is 0. The normalized spacial score (nSPS) is 14.4. The molecule has 0 aliphatic rings. The first-order chi connectivity index (χ1) is 8.58. The number of hydrogen-bond donors (Lipinski definition) is 1. The Morgan fingerprint density at radius 1 is 1.44 bits per heavy atom. The van der Waals surface area contributed by atoms with Crippen LogP contribution in [0.1, 0.15) is 17.7 Å². The summed E-state index contributed by atoms with van der Waals surface area (Å²) in [5, 5.41) is 9.61. The Balaban J connectivity index is 2.27. The minimum Gasteiger partial charge on any atom is -0.327 e. The average molecular weight is 283 g/mol. The van der Waals surface area contributed by atoms with Crippen LogP contribution in [0, 0.1) is 0 Å². The summed E-state index contributed by atoms with van der Waals surface area (Å²) in [6.07, 6.45) is 1.68. The maximum absolute atomic E-state index is 6.06. The molecule has 1 aromatic heterocycles. The Kier molecular flexibility index (Phi) is 4.27. The second-order valence-corrected chi connectivity index (χ2v) is 5.72. The minimum absolute atomic E-state index is 0.00910. The third kappa shape index (κ3) is 3.04. The molecule has 0 aliphatic heterocycles. The van der Waals surface area contributed by atoms with Crippen LogP contribution in [0.3, 0.4) is 0 Å². The summed E-state index contributed by atoms with van der Waals surface area (Å²) in [7, 11) is 1.92. The fourth-order valence-electron chi connectivity index (χ4n) is 1.66. The number of aryl methyl sites for hydroxylation is 1. The van der Waals surface area contributed by atoms with Crippen molar-refractivity contribution in [2.75, 3.05) is 0 Å². The van der Waals surface area contributed by atoms with E-state index in [2.05, 4.69) is 10.2 Å². The Bertz CT molecular complexity index is 526. The minimum atomic E-state index is -0.00910. The second-order valence-electron chi connectivity index (χ2n) is 4.18. The van der Waals surface area contributed by atoms with Crippen molar-refractivity contribution in [1.82, 2.24) is 14.8 Å². The molecule has 1 heterocycles. The van der Waals surface area contributed by atoms with Crippen LogP contribution < -0.4 is 5.73 Å². The van der Waals surface area contributed by atoms with Gasteiger partial charge in [-0.1, -0.05) is 35.5 Å². The van der Waals surface area contributed by atoms with E-state index < -0.39 is 0 Å². The van der Waals surface area contributed by atoms with Crippen molar-refractivity contribution in [1.29, 1.82) is 0 Å². The molecule has 0 aliphatic carbocycles. The molecule has 2 N–H and O–H groups in total. The Morgan fingerprint density at radius 2 is 2.22 bits per heavy atom. The maximum Gasteiger partial charge on any atom is 0.191 e. The molecule has 2 rings (SSSR count). The van der Waals surface area contributed by atoms with E-state index >= 15 is 0 Å². The average Bonchev–Trinajstić information content (AvgIpc) is 2.71. The molecule has 0 amide bonds. The first-order valence-electron chi connectivity index (χ1n) is 5.59. The molecule has 6 heteroatoms. The lowest BCUT2D eigenvalue weighted by molar-refractivity contribution is 0.709. The van der Waals surface area contributed by atoms with Gasteiger partial charge < -0.3 is 10.3 Å². The number of rotatable bonds is 4. The standard InChI is InChI=1S/C12H15ClN4S/c1-8(14)11(9-4-3-5-10(13)6-9)18-12-16-15-7-17(12)2/h3-8,11H,14H2,1-2H3. The molecule has 96 valence electrons. The Morgan fingerprint density at radius 3 is 2.78 bits per heavy atom. The van der Waals surface area contributed by atoms with E-state index in [-0.39, 0.29) is 11.3 Å². The van der Waals surface area contributed by atoms with Gasteiger partial charge in [0.05, 0.1) is 5.25 Å². The van der Waals surface area contributed by atoms with Gasteiger partial charge in [-0.3, -0.25) is 0 Å². The third-order valence-electron chi connectivity index (χ3n) is 2.56. The van der Waals surface area contributed by atoms with Crippen LogP contribution in [0.25, 0.3) is 0 Å². The van der Waals surface area contributed by atoms with Crippen LogP contribution in [0.4, 0.5) is 0 Å². The fourth-order valence-corrected chi connectivity index (χ4v) is 2.89. The van der Waals surface area contributed by atoms with Gasteiger partial charge in [0, 0.05) is 18.1 Å². The molecule has 0 saturated heterocycles. The zero-order chi connectivity index (χ0) is 13.1. The van der Waals surface area contributed by atoms with E-state index in [1.807, 2.05) is 42.8 Å². The van der Waals surface area contributed by atoms with Crippen LogP contribution in [-0.4, -0.2) is 20.8 Å².